The quantitative estimate of drug-likeness (QED) is 0.725. The van der Waals surface area contributed by atoms with Crippen LogP contribution in [0, 0.1) is 0 Å². The second-order valence-corrected chi connectivity index (χ2v) is 6.16. The first-order chi connectivity index (χ1) is 12.8. The van der Waals surface area contributed by atoms with Crippen molar-refractivity contribution in [2.45, 2.75) is 0 Å². The molecule has 0 bridgehead atoms. The summed E-state index contributed by atoms with van der Waals surface area (Å²) in [6, 6.07) is 10.4. The molecule has 1 aromatic carbocycles. The number of nitrogens with one attached hydrogen (secondary N) is 1. The molecule has 0 unspecified atom stereocenters. The summed E-state index contributed by atoms with van der Waals surface area (Å²) in [5.74, 6) is 1.42. The SMILES string of the molecule is COCCNc1nncc(N2CCN(C/C=C/c3ccccc3)CC2)n1. The average Bonchev–Trinajstić information content (AvgIpc) is 2.70. The maximum absolute atomic E-state index is 5.02. The van der Waals surface area contributed by atoms with Gasteiger partial charge in [0.05, 0.1) is 12.8 Å². The van der Waals surface area contributed by atoms with Gasteiger partial charge < -0.3 is 15.0 Å². The van der Waals surface area contributed by atoms with Gasteiger partial charge in [-0.1, -0.05) is 42.5 Å². The zero-order chi connectivity index (χ0) is 18.0. The van der Waals surface area contributed by atoms with Crippen molar-refractivity contribution in [3.63, 3.8) is 0 Å². The van der Waals surface area contributed by atoms with Crippen molar-refractivity contribution in [2.75, 3.05) is 63.2 Å². The van der Waals surface area contributed by atoms with Gasteiger partial charge in [0.2, 0.25) is 5.95 Å². The number of hydrogen-bond acceptors (Lipinski definition) is 7. The van der Waals surface area contributed by atoms with Crippen LogP contribution in [0.3, 0.4) is 0 Å². The fourth-order valence-corrected chi connectivity index (χ4v) is 2.85. The normalized spacial score (nSPS) is 15.5. The van der Waals surface area contributed by atoms with Crippen LogP contribution < -0.4 is 10.2 Å². The monoisotopic (exact) mass is 354 g/mol. The maximum atomic E-state index is 5.02. The smallest absolute Gasteiger partial charge is 0.244 e. The van der Waals surface area contributed by atoms with E-state index in [1.165, 1.54) is 5.56 Å². The van der Waals surface area contributed by atoms with Crippen LogP contribution in [-0.2, 0) is 4.74 Å². The number of anilines is 2. The molecule has 1 aliphatic rings. The summed E-state index contributed by atoms with van der Waals surface area (Å²) in [5.41, 5.74) is 1.24. The molecule has 3 rings (SSSR count). The molecule has 1 aliphatic heterocycles. The zero-order valence-corrected chi connectivity index (χ0v) is 15.2. The third-order valence-electron chi connectivity index (χ3n) is 4.31. The molecule has 1 N–H and O–H groups in total. The number of benzene rings is 1. The van der Waals surface area contributed by atoms with Crippen molar-refractivity contribution in [1.29, 1.82) is 0 Å². The van der Waals surface area contributed by atoms with Gasteiger partial charge >= 0.3 is 0 Å². The van der Waals surface area contributed by atoms with Gasteiger partial charge in [-0.2, -0.15) is 10.1 Å². The van der Waals surface area contributed by atoms with Gasteiger partial charge in [-0.05, 0) is 5.56 Å². The summed E-state index contributed by atoms with van der Waals surface area (Å²) < 4.78 is 5.02. The Labute approximate surface area is 154 Å². The molecule has 1 saturated heterocycles. The average molecular weight is 354 g/mol. The third-order valence-corrected chi connectivity index (χ3v) is 4.31. The van der Waals surface area contributed by atoms with Crippen molar-refractivity contribution >= 4 is 17.8 Å². The van der Waals surface area contributed by atoms with E-state index < -0.39 is 0 Å². The third kappa shape index (κ3) is 5.50. The van der Waals surface area contributed by atoms with Gasteiger partial charge in [-0.25, -0.2) is 0 Å². The Morgan fingerprint density at radius 3 is 2.73 bits per heavy atom. The Kier molecular flexibility index (Phi) is 6.92. The fraction of sp³-hybridized carbons (Fsp3) is 0.421. The summed E-state index contributed by atoms with van der Waals surface area (Å²) in [5, 5.41) is 11.2. The number of methoxy groups -OCH3 is 1. The molecule has 2 heterocycles. The molecule has 0 radical (unpaired) electrons. The van der Waals surface area contributed by atoms with Crippen LogP contribution in [0.1, 0.15) is 5.56 Å². The minimum absolute atomic E-state index is 0.549. The summed E-state index contributed by atoms with van der Waals surface area (Å²) in [6.45, 7) is 6.15. The van der Waals surface area contributed by atoms with Crippen LogP contribution >= 0.6 is 0 Å². The van der Waals surface area contributed by atoms with Crippen LogP contribution in [0.25, 0.3) is 6.08 Å². The Bertz CT molecular complexity index is 685. The Balaban J connectivity index is 1.46. The van der Waals surface area contributed by atoms with Gasteiger partial charge in [0.25, 0.3) is 0 Å². The topological polar surface area (TPSA) is 66.4 Å². The minimum atomic E-state index is 0.549. The highest BCUT2D eigenvalue weighted by molar-refractivity contribution is 5.48. The molecule has 0 amide bonds. The summed E-state index contributed by atoms with van der Waals surface area (Å²) in [4.78, 5) is 9.25. The highest BCUT2D eigenvalue weighted by Crippen LogP contribution is 2.13. The first-order valence-electron chi connectivity index (χ1n) is 8.96. The van der Waals surface area contributed by atoms with E-state index in [4.69, 9.17) is 4.74 Å². The summed E-state index contributed by atoms with van der Waals surface area (Å²) >= 11 is 0. The second-order valence-electron chi connectivity index (χ2n) is 6.16. The predicted molar refractivity (Wildman–Crippen MR) is 104 cm³/mol. The molecular formula is C19H26N6O. The van der Waals surface area contributed by atoms with Gasteiger partial charge in [0, 0.05) is 46.4 Å². The Hall–Kier alpha value is -2.51. The summed E-state index contributed by atoms with van der Waals surface area (Å²) in [6.07, 6.45) is 6.14. The van der Waals surface area contributed by atoms with Crippen molar-refractivity contribution in [3.05, 3.63) is 48.2 Å². The van der Waals surface area contributed by atoms with Crippen LogP contribution in [0.5, 0.6) is 0 Å². The number of ether oxygens (including phenoxy) is 1. The van der Waals surface area contributed by atoms with E-state index in [0.29, 0.717) is 19.1 Å². The van der Waals surface area contributed by atoms with Crippen molar-refractivity contribution < 1.29 is 4.74 Å². The molecule has 1 fully saturated rings. The molecule has 7 heteroatoms. The zero-order valence-electron chi connectivity index (χ0n) is 15.2. The van der Waals surface area contributed by atoms with E-state index in [1.54, 1.807) is 13.3 Å². The molecule has 1 aromatic heterocycles. The molecule has 7 nitrogen and oxygen atoms in total. The number of piperazine rings is 1. The number of rotatable bonds is 8. The highest BCUT2D eigenvalue weighted by Gasteiger charge is 2.18. The van der Waals surface area contributed by atoms with Gasteiger partial charge in [0.15, 0.2) is 5.82 Å². The van der Waals surface area contributed by atoms with E-state index in [0.717, 1.165) is 38.5 Å². The van der Waals surface area contributed by atoms with E-state index in [1.807, 2.05) is 6.07 Å². The first kappa shape index (κ1) is 18.3. The van der Waals surface area contributed by atoms with Gasteiger partial charge in [0.1, 0.15) is 0 Å². The van der Waals surface area contributed by atoms with E-state index in [2.05, 4.69) is 66.7 Å². The lowest BCUT2D eigenvalue weighted by molar-refractivity contribution is 0.210. The molecule has 2 aromatic rings. The molecular weight excluding hydrogens is 328 g/mol. The van der Waals surface area contributed by atoms with E-state index in [9.17, 15) is 0 Å². The first-order valence-corrected chi connectivity index (χ1v) is 8.96. The second kappa shape index (κ2) is 9.84. The lowest BCUT2D eigenvalue weighted by Gasteiger charge is -2.34. The van der Waals surface area contributed by atoms with Gasteiger partial charge in [-0.3, -0.25) is 4.90 Å². The van der Waals surface area contributed by atoms with E-state index >= 15 is 0 Å². The lowest BCUT2D eigenvalue weighted by atomic mass is 10.2. The highest BCUT2D eigenvalue weighted by atomic mass is 16.5. The standard InChI is InChI=1S/C19H26N6O/c1-26-15-9-20-19-22-18(16-21-23-19)25-13-11-24(12-14-25)10-5-8-17-6-3-2-4-7-17/h2-8,16H,9-15H2,1H3,(H,20,22,23)/b8-5+. The van der Waals surface area contributed by atoms with Crippen LogP contribution in [0.15, 0.2) is 42.6 Å². The van der Waals surface area contributed by atoms with Crippen molar-refractivity contribution in [1.82, 2.24) is 20.1 Å². The Morgan fingerprint density at radius 2 is 1.96 bits per heavy atom. The van der Waals surface area contributed by atoms with Crippen LogP contribution in [0.2, 0.25) is 0 Å². The van der Waals surface area contributed by atoms with E-state index in [-0.39, 0.29) is 0 Å². The number of nitrogens with zero attached hydrogens (tertiary/aromatic N) is 5. The Morgan fingerprint density at radius 1 is 1.15 bits per heavy atom. The van der Waals surface area contributed by atoms with Crippen LogP contribution in [-0.4, -0.2) is 73.1 Å². The predicted octanol–water partition coefficient (Wildman–Crippen LogP) is 1.77. The largest absolute Gasteiger partial charge is 0.383 e. The molecule has 0 saturated carbocycles. The van der Waals surface area contributed by atoms with Gasteiger partial charge in [-0.15, -0.1) is 5.10 Å². The fourth-order valence-electron chi connectivity index (χ4n) is 2.85. The molecule has 0 atom stereocenters. The maximum Gasteiger partial charge on any atom is 0.244 e. The van der Waals surface area contributed by atoms with Crippen molar-refractivity contribution in [2.24, 2.45) is 0 Å². The van der Waals surface area contributed by atoms with Crippen molar-refractivity contribution in [3.8, 4) is 0 Å². The molecule has 0 aliphatic carbocycles. The van der Waals surface area contributed by atoms with Crippen LogP contribution in [0.4, 0.5) is 11.8 Å². The number of aromatic nitrogens is 3. The lowest BCUT2D eigenvalue weighted by Crippen LogP contribution is -2.46. The molecule has 0 spiro atoms. The molecule has 26 heavy (non-hydrogen) atoms. The minimum Gasteiger partial charge on any atom is -0.383 e. The number of hydrogen-bond donors (Lipinski definition) is 1. The summed E-state index contributed by atoms with van der Waals surface area (Å²) in [7, 11) is 1.67. The molecule has 138 valence electrons.